The minimum atomic E-state index is -0.799. The summed E-state index contributed by atoms with van der Waals surface area (Å²) in [7, 11) is 0. The van der Waals surface area contributed by atoms with Crippen molar-refractivity contribution in [2.24, 2.45) is 0 Å². The van der Waals surface area contributed by atoms with Crippen molar-refractivity contribution in [2.45, 2.75) is 290 Å². The van der Waals surface area contributed by atoms with E-state index in [0.29, 0.717) is 19.3 Å². The zero-order chi connectivity index (χ0) is 47.9. The molecule has 0 radical (unpaired) electrons. The van der Waals surface area contributed by atoms with Crippen LogP contribution in [0, 0.1) is 0 Å². The van der Waals surface area contributed by atoms with Crippen molar-refractivity contribution in [1.82, 2.24) is 0 Å². The zero-order valence-corrected chi connectivity index (χ0v) is 43.7. The van der Waals surface area contributed by atoms with Crippen LogP contribution in [0.25, 0.3) is 0 Å². The number of allylic oxidation sites excluding steroid dienone is 10. The van der Waals surface area contributed by atoms with Gasteiger partial charge in [-0.15, -0.1) is 0 Å². The summed E-state index contributed by atoms with van der Waals surface area (Å²) in [6.07, 6.45) is 67.8. The first-order chi connectivity index (χ1) is 32.5. The summed E-state index contributed by atoms with van der Waals surface area (Å²) >= 11 is 0. The van der Waals surface area contributed by atoms with Gasteiger partial charge in [-0.1, -0.05) is 216 Å². The Balaban J connectivity index is 4.41. The first-order valence-corrected chi connectivity index (χ1v) is 28.3. The maximum atomic E-state index is 12.8. The average Bonchev–Trinajstić information content (AvgIpc) is 3.31. The molecular weight excluding hydrogens is 817 g/mol. The van der Waals surface area contributed by atoms with Crippen LogP contribution in [0.15, 0.2) is 60.8 Å². The van der Waals surface area contributed by atoms with Gasteiger partial charge in [0.25, 0.3) is 0 Å². The van der Waals surface area contributed by atoms with E-state index >= 15 is 0 Å². The molecule has 0 saturated heterocycles. The number of esters is 3. The number of hydrogen-bond acceptors (Lipinski definition) is 6. The molecule has 6 nitrogen and oxygen atoms in total. The van der Waals surface area contributed by atoms with E-state index in [2.05, 4.69) is 81.5 Å². The monoisotopic (exact) mass is 923 g/mol. The molecule has 1 atom stereocenters. The van der Waals surface area contributed by atoms with Crippen molar-refractivity contribution >= 4 is 17.9 Å². The SMILES string of the molecule is CCCCC/C=C\C/C=C\C/C=C\CCCCC(=O)O[C@H](COC(=O)CCCCCCC/C=C\CCCCCCC)COC(=O)CCCCCCCCC/C=C\CCCCCCCCCC. The summed E-state index contributed by atoms with van der Waals surface area (Å²) in [4.78, 5) is 38.1. The quantitative estimate of drug-likeness (QED) is 0.0262. The number of hydrogen-bond donors (Lipinski definition) is 0. The first-order valence-electron chi connectivity index (χ1n) is 28.3. The van der Waals surface area contributed by atoms with Gasteiger partial charge in [-0.25, -0.2) is 0 Å². The molecule has 6 heteroatoms. The summed E-state index contributed by atoms with van der Waals surface area (Å²) in [6.45, 7) is 6.58. The summed E-state index contributed by atoms with van der Waals surface area (Å²) in [5.41, 5.74) is 0. The summed E-state index contributed by atoms with van der Waals surface area (Å²) in [6, 6.07) is 0. The van der Waals surface area contributed by atoms with E-state index in [9.17, 15) is 14.4 Å². The molecule has 0 aromatic heterocycles. The first kappa shape index (κ1) is 63.1. The number of unbranched alkanes of at least 4 members (excludes halogenated alkanes) is 30. The number of rotatable bonds is 51. The second kappa shape index (κ2) is 54.7. The smallest absolute Gasteiger partial charge is 0.306 e. The lowest BCUT2D eigenvalue weighted by Gasteiger charge is -2.18. The lowest BCUT2D eigenvalue weighted by atomic mass is 10.1. The van der Waals surface area contributed by atoms with E-state index in [1.54, 1.807) is 0 Å². The molecule has 0 aliphatic heterocycles. The van der Waals surface area contributed by atoms with E-state index in [1.165, 1.54) is 167 Å². The van der Waals surface area contributed by atoms with Crippen LogP contribution in [0.5, 0.6) is 0 Å². The predicted octanol–water partition coefficient (Wildman–Crippen LogP) is 18.8. The number of ether oxygens (including phenoxy) is 3. The van der Waals surface area contributed by atoms with Crippen molar-refractivity contribution in [3.63, 3.8) is 0 Å². The zero-order valence-electron chi connectivity index (χ0n) is 43.7. The van der Waals surface area contributed by atoms with Gasteiger partial charge in [0, 0.05) is 19.3 Å². The molecule has 0 amide bonds. The fraction of sp³-hybridized carbons (Fsp3) is 0.783. The molecule has 382 valence electrons. The Kier molecular flexibility index (Phi) is 52.3. The van der Waals surface area contributed by atoms with Crippen LogP contribution < -0.4 is 0 Å². The fourth-order valence-corrected chi connectivity index (χ4v) is 7.91. The third-order valence-electron chi connectivity index (χ3n) is 12.2. The maximum absolute atomic E-state index is 12.8. The highest BCUT2D eigenvalue weighted by atomic mass is 16.6. The summed E-state index contributed by atoms with van der Waals surface area (Å²) in [5.74, 6) is -0.937. The van der Waals surface area contributed by atoms with Crippen LogP contribution in [0.4, 0.5) is 0 Å². The van der Waals surface area contributed by atoms with E-state index in [4.69, 9.17) is 14.2 Å². The normalized spacial score (nSPS) is 12.5. The minimum absolute atomic E-state index is 0.0936. The Morgan fingerprint density at radius 3 is 0.924 bits per heavy atom. The number of carbonyl (C=O) groups excluding carboxylic acids is 3. The predicted molar refractivity (Wildman–Crippen MR) is 284 cm³/mol. The van der Waals surface area contributed by atoms with Gasteiger partial charge in [0.1, 0.15) is 13.2 Å². The second-order valence-corrected chi connectivity index (χ2v) is 18.8. The molecule has 0 fully saturated rings. The summed E-state index contributed by atoms with van der Waals surface area (Å²) in [5, 5.41) is 0. The molecule has 0 bridgehead atoms. The minimum Gasteiger partial charge on any atom is -0.462 e. The highest BCUT2D eigenvalue weighted by molar-refractivity contribution is 5.71. The standard InChI is InChI=1S/C60H106O6/c1-4-7-10-13-16-19-22-25-28-29-30-31-33-35-38-41-44-47-50-53-59(62)65-56-57(55-64-58(61)52-49-46-43-40-37-34-27-24-21-18-15-12-9-6-3)66-60(63)54-51-48-45-42-39-36-32-26-23-20-17-14-11-8-5-2/h17,20,24,26-27,29-30,32,39,42,57H,4-16,18-19,21-23,25,28,31,33-38,40-41,43-56H2,1-3H3/b20-17-,27-24-,30-29-,32-26-,42-39-/t57-/m1/s1. The molecule has 0 aliphatic rings. The van der Waals surface area contributed by atoms with Gasteiger partial charge in [-0.2, -0.15) is 0 Å². The molecule has 0 rings (SSSR count). The van der Waals surface area contributed by atoms with E-state index < -0.39 is 6.10 Å². The highest BCUT2D eigenvalue weighted by Gasteiger charge is 2.19. The maximum Gasteiger partial charge on any atom is 0.306 e. The van der Waals surface area contributed by atoms with Crippen molar-refractivity contribution in [2.75, 3.05) is 13.2 Å². The van der Waals surface area contributed by atoms with E-state index in [-0.39, 0.29) is 37.5 Å². The Hall–Kier alpha value is -2.89. The molecule has 0 heterocycles. The van der Waals surface area contributed by atoms with Crippen molar-refractivity contribution in [3.8, 4) is 0 Å². The van der Waals surface area contributed by atoms with Gasteiger partial charge in [0.15, 0.2) is 6.10 Å². The van der Waals surface area contributed by atoms with Crippen LogP contribution in [-0.4, -0.2) is 37.2 Å². The lowest BCUT2D eigenvalue weighted by molar-refractivity contribution is -0.167. The van der Waals surface area contributed by atoms with Gasteiger partial charge < -0.3 is 14.2 Å². The Morgan fingerprint density at radius 2 is 0.545 bits per heavy atom. The molecular formula is C60H106O6. The van der Waals surface area contributed by atoms with Gasteiger partial charge in [0.2, 0.25) is 0 Å². The van der Waals surface area contributed by atoms with Crippen molar-refractivity contribution in [1.29, 1.82) is 0 Å². The molecule has 0 N–H and O–H groups in total. The third kappa shape index (κ3) is 52.1. The molecule has 0 aliphatic carbocycles. The van der Waals surface area contributed by atoms with E-state index in [0.717, 1.165) is 70.6 Å². The fourth-order valence-electron chi connectivity index (χ4n) is 7.91. The second-order valence-electron chi connectivity index (χ2n) is 18.8. The topological polar surface area (TPSA) is 78.9 Å². The van der Waals surface area contributed by atoms with Crippen molar-refractivity contribution in [3.05, 3.63) is 60.8 Å². The van der Waals surface area contributed by atoms with Gasteiger partial charge >= 0.3 is 17.9 Å². The van der Waals surface area contributed by atoms with Gasteiger partial charge in [0.05, 0.1) is 0 Å². The average molecular weight is 924 g/mol. The van der Waals surface area contributed by atoms with Crippen LogP contribution in [0.2, 0.25) is 0 Å². The van der Waals surface area contributed by atoms with Crippen LogP contribution in [-0.2, 0) is 28.6 Å². The highest BCUT2D eigenvalue weighted by Crippen LogP contribution is 2.14. The number of carbonyl (C=O) groups is 3. The summed E-state index contributed by atoms with van der Waals surface area (Å²) < 4.78 is 16.8. The van der Waals surface area contributed by atoms with Crippen molar-refractivity contribution < 1.29 is 28.6 Å². The van der Waals surface area contributed by atoms with Crippen LogP contribution >= 0.6 is 0 Å². The molecule has 0 unspecified atom stereocenters. The van der Waals surface area contributed by atoms with Gasteiger partial charge in [-0.05, 0) is 109 Å². The van der Waals surface area contributed by atoms with Crippen LogP contribution in [0.3, 0.4) is 0 Å². The molecule has 66 heavy (non-hydrogen) atoms. The Labute approximate surface area is 409 Å². The Morgan fingerprint density at radius 1 is 0.303 bits per heavy atom. The largest absolute Gasteiger partial charge is 0.462 e. The van der Waals surface area contributed by atoms with Gasteiger partial charge in [-0.3, -0.25) is 14.4 Å². The third-order valence-corrected chi connectivity index (χ3v) is 12.2. The van der Waals surface area contributed by atoms with Crippen LogP contribution in [0.1, 0.15) is 284 Å². The molecule has 0 spiro atoms. The lowest BCUT2D eigenvalue weighted by Crippen LogP contribution is -2.30. The molecule has 0 saturated carbocycles. The Bertz CT molecular complexity index is 1200. The molecule has 0 aromatic rings. The van der Waals surface area contributed by atoms with E-state index in [1.807, 2.05) is 0 Å². The molecule has 0 aromatic carbocycles.